The first-order chi connectivity index (χ1) is 9.70. The molecule has 1 N–H and O–H groups in total. The van der Waals surface area contributed by atoms with Crippen LogP contribution in [0.2, 0.25) is 0 Å². The molecule has 0 aliphatic heterocycles. The van der Waals surface area contributed by atoms with Gasteiger partial charge in [-0.05, 0) is 55.6 Å². The molecule has 1 unspecified atom stereocenters. The zero-order chi connectivity index (χ0) is 14.4. The molecule has 1 atom stereocenters. The minimum Gasteiger partial charge on any atom is -0.389 e. The number of hydrogen-bond acceptors (Lipinski definition) is 1. The maximum Gasteiger partial charge on any atom is 0.0762 e. The summed E-state index contributed by atoms with van der Waals surface area (Å²) in [5.74, 6) is 1.69. The molecule has 1 fully saturated rings. The van der Waals surface area contributed by atoms with Crippen LogP contribution in [0.15, 0.2) is 24.3 Å². The van der Waals surface area contributed by atoms with Crippen molar-refractivity contribution in [3.05, 3.63) is 35.4 Å². The van der Waals surface area contributed by atoms with Gasteiger partial charge in [0, 0.05) is 0 Å². The highest BCUT2D eigenvalue weighted by Crippen LogP contribution is 2.38. The van der Waals surface area contributed by atoms with Gasteiger partial charge in [-0.2, -0.15) is 0 Å². The Hall–Kier alpha value is -0.820. The van der Waals surface area contributed by atoms with E-state index in [2.05, 4.69) is 25.1 Å². The zero-order valence-electron chi connectivity index (χ0n) is 13.1. The average molecular weight is 274 g/mol. The van der Waals surface area contributed by atoms with E-state index in [9.17, 15) is 5.11 Å². The van der Waals surface area contributed by atoms with E-state index in [1.807, 2.05) is 13.0 Å². The molecule has 2 rings (SSSR count). The first-order valence-electron chi connectivity index (χ1n) is 8.48. The molecule has 0 bridgehead atoms. The molecule has 1 nitrogen and oxygen atoms in total. The number of hydrogen-bond donors (Lipinski definition) is 1. The second-order valence-corrected chi connectivity index (χ2v) is 6.56. The van der Waals surface area contributed by atoms with Gasteiger partial charge < -0.3 is 5.11 Å². The summed E-state index contributed by atoms with van der Waals surface area (Å²) in [4.78, 5) is 0. The smallest absolute Gasteiger partial charge is 0.0762 e. The standard InChI is InChI=1S/C19H30O/c1-3-4-5-7-16-10-12-17(13-11-16)19-9-6-8-18(14-19)15(2)20/h6,8-9,14-17,20H,3-5,7,10-13H2,1-2H3/t15?,16-,17-. The first kappa shape index (κ1) is 15.6. The molecular weight excluding hydrogens is 244 g/mol. The second-order valence-electron chi connectivity index (χ2n) is 6.56. The molecule has 0 amide bonds. The van der Waals surface area contributed by atoms with Crippen molar-refractivity contribution in [3.63, 3.8) is 0 Å². The van der Waals surface area contributed by atoms with Gasteiger partial charge in [-0.3, -0.25) is 0 Å². The van der Waals surface area contributed by atoms with E-state index >= 15 is 0 Å². The molecule has 1 aliphatic carbocycles. The molecule has 1 aliphatic rings. The van der Waals surface area contributed by atoms with Crippen molar-refractivity contribution in [1.29, 1.82) is 0 Å². The SMILES string of the molecule is CCCCC[C@H]1CC[C@H](c2cccc(C(C)O)c2)CC1. The normalized spacial score (nSPS) is 24.6. The predicted octanol–water partition coefficient (Wildman–Crippen LogP) is 5.59. The highest BCUT2D eigenvalue weighted by atomic mass is 16.3. The summed E-state index contributed by atoms with van der Waals surface area (Å²) in [5, 5.41) is 9.71. The Balaban J connectivity index is 1.85. The fraction of sp³-hybridized carbons (Fsp3) is 0.684. The fourth-order valence-corrected chi connectivity index (χ4v) is 3.54. The van der Waals surface area contributed by atoms with Crippen LogP contribution in [-0.2, 0) is 0 Å². The average Bonchev–Trinajstić information content (AvgIpc) is 2.48. The van der Waals surface area contributed by atoms with Crippen molar-refractivity contribution >= 4 is 0 Å². The van der Waals surface area contributed by atoms with Crippen LogP contribution < -0.4 is 0 Å². The minimum atomic E-state index is -0.347. The predicted molar refractivity (Wildman–Crippen MR) is 85.9 cm³/mol. The number of unbranched alkanes of at least 4 members (excludes halogenated alkanes) is 2. The van der Waals surface area contributed by atoms with Crippen LogP contribution in [0.25, 0.3) is 0 Å². The Morgan fingerprint density at radius 3 is 2.55 bits per heavy atom. The second kappa shape index (κ2) is 7.83. The van der Waals surface area contributed by atoms with Crippen LogP contribution >= 0.6 is 0 Å². The van der Waals surface area contributed by atoms with Crippen LogP contribution in [0.4, 0.5) is 0 Å². The Bertz CT molecular complexity index is 389. The van der Waals surface area contributed by atoms with Gasteiger partial charge in [0.1, 0.15) is 0 Å². The number of rotatable bonds is 6. The van der Waals surface area contributed by atoms with E-state index < -0.39 is 0 Å². The summed E-state index contributed by atoms with van der Waals surface area (Å²) in [5.41, 5.74) is 2.50. The summed E-state index contributed by atoms with van der Waals surface area (Å²) >= 11 is 0. The lowest BCUT2D eigenvalue weighted by Gasteiger charge is -2.29. The lowest BCUT2D eigenvalue weighted by Crippen LogP contribution is -2.13. The topological polar surface area (TPSA) is 20.2 Å². The summed E-state index contributed by atoms with van der Waals surface area (Å²) < 4.78 is 0. The van der Waals surface area contributed by atoms with Gasteiger partial charge >= 0.3 is 0 Å². The Labute approximate surface area is 124 Å². The molecule has 0 aromatic heterocycles. The molecule has 112 valence electrons. The molecule has 1 aromatic rings. The number of benzene rings is 1. The summed E-state index contributed by atoms with van der Waals surface area (Å²) in [6, 6.07) is 8.59. The van der Waals surface area contributed by atoms with E-state index in [-0.39, 0.29) is 6.10 Å². The third-order valence-corrected chi connectivity index (χ3v) is 4.93. The molecule has 0 heterocycles. The van der Waals surface area contributed by atoms with Crippen molar-refractivity contribution in [1.82, 2.24) is 0 Å². The van der Waals surface area contributed by atoms with E-state index in [1.54, 1.807) is 0 Å². The third kappa shape index (κ3) is 4.34. The van der Waals surface area contributed by atoms with E-state index in [4.69, 9.17) is 0 Å². The van der Waals surface area contributed by atoms with Crippen LogP contribution in [-0.4, -0.2) is 5.11 Å². The summed E-state index contributed by atoms with van der Waals surface area (Å²) in [6.45, 7) is 4.13. The van der Waals surface area contributed by atoms with E-state index in [0.717, 1.165) is 17.4 Å². The number of aliphatic hydroxyl groups is 1. The lowest BCUT2D eigenvalue weighted by atomic mass is 9.76. The van der Waals surface area contributed by atoms with Crippen molar-refractivity contribution in [2.45, 2.75) is 77.2 Å². The van der Waals surface area contributed by atoms with Gasteiger partial charge in [-0.25, -0.2) is 0 Å². The minimum absolute atomic E-state index is 0.347. The third-order valence-electron chi connectivity index (χ3n) is 4.93. The Morgan fingerprint density at radius 2 is 1.90 bits per heavy atom. The summed E-state index contributed by atoms with van der Waals surface area (Å²) in [7, 11) is 0. The molecule has 1 aromatic carbocycles. The monoisotopic (exact) mass is 274 g/mol. The maximum atomic E-state index is 9.71. The first-order valence-corrected chi connectivity index (χ1v) is 8.48. The molecule has 1 heteroatoms. The molecule has 1 saturated carbocycles. The van der Waals surface area contributed by atoms with E-state index in [1.165, 1.54) is 56.9 Å². The van der Waals surface area contributed by atoms with Crippen LogP contribution in [0.5, 0.6) is 0 Å². The van der Waals surface area contributed by atoms with Crippen molar-refractivity contribution in [2.75, 3.05) is 0 Å². The van der Waals surface area contributed by atoms with E-state index in [0.29, 0.717) is 0 Å². The van der Waals surface area contributed by atoms with Gasteiger partial charge in [-0.15, -0.1) is 0 Å². The largest absolute Gasteiger partial charge is 0.389 e. The molecule has 20 heavy (non-hydrogen) atoms. The molecular formula is C19H30O. The Kier molecular flexibility index (Phi) is 6.09. The zero-order valence-corrected chi connectivity index (χ0v) is 13.1. The Morgan fingerprint density at radius 1 is 1.15 bits per heavy atom. The van der Waals surface area contributed by atoms with Crippen molar-refractivity contribution < 1.29 is 5.11 Å². The van der Waals surface area contributed by atoms with Gasteiger partial charge in [0.2, 0.25) is 0 Å². The van der Waals surface area contributed by atoms with Gasteiger partial charge in [0.15, 0.2) is 0 Å². The highest BCUT2D eigenvalue weighted by molar-refractivity contribution is 5.28. The summed E-state index contributed by atoms with van der Waals surface area (Å²) in [6.07, 6.45) is 10.7. The lowest BCUT2D eigenvalue weighted by molar-refractivity contribution is 0.199. The van der Waals surface area contributed by atoms with Crippen LogP contribution in [0.1, 0.15) is 88.4 Å². The highest BCUT2D eigenvalue weighted by Gasteiger charge is 2.22. The van der Waals surface area contributed by atoms with Gasteiger partial charge in [0.25, 0.3) is 0 Å². The van der Waals surface area contributed by atoms with Crippen LogP contribution in [0.3, 0.4) is 0 Å². The number of aliphatic hydroxyl groups excluding tert-OH is 1. The van der Waals surface area contributed by atoms with Crippen molar-refractivity contribution in [3.8, 4) is 0 Å². The van der Waals surface area contributed by atoms with Crippen LogP contribution in [0, 0.1) is 5.92 Å². The molecule has 0 radical (unpaired) electrons. The van der Waals surface area contributed by atoms with Gasteiger partial charge in [0.05, 0.1) is 6.10 Å². The quantitative estimate of drug-likeness (QED) is 0.670. The molecule has 0 saturated heterocycles. The maximum absolute atomic E-state index is 9.71. The van der Waals surface area contributed by atoms with Gasteiger partial charge in [-0.1, -0.05) is 56.9 Å². The van der Waals surface area contributed by atoms with Crippen molar-refractivity contribution in [2.24, 2.45) is 5.92 Å². The molecule has 0 spiro atoms. The fourth-order valence-electron chi connectivity index (χ4n) is 3.54.